The summed E-state index contributed by atoms with van der Waals surface area (Å²) in [5.74, 6) is 0.137. The van der Waals surface area contributed by atoms with Crippen molar-refractivity contribution < 1.29 is 4.79 Å². The van der Waals surface area contributed by atoms with Crippen LogP contribution in [0.4, 0.5) is 11.4 Å². The molecule has 118 valence electrons. The topological polar surface area (TPSA) is 20.3 Å². The third-order valence-corrected chi connectivity index (χ3v) is 4.77. The third kappa shape index (κ3) is 2.41. The minimum atomic E-state index is 0.137. The van der Waals surface area contributed by atoms with Gasteiger partial charge in [0.2, 0.25) is 5.91 Å². The smallest absolute Gasteiger partial charge is 0.236 e. The van der Waals surface area contributed by atoms with E-state index in [9.17, 15) is 4.79 Å². The Bertz CT molecular complexity index is 928. The molecule has 2 nitrogen and oxygen atoms in total. The molecule has 0 radical (unpaired) electrons. The molecule has 1 amide bonds. The molecule has 0 aliphatic carbocycles. The molecule has 2 heteroatoms. The molecule has 1 heterocycles. The lowest BCUT2D eigenvalue weighted by atomic mass is 10.0. The average molecular weight is 313 g/mol. The van der Waals surface area contributed by atoms with Gasteiger partial charge < -0.3 is 0 Å². The lowest BCUT2D eigenvalue weighted by Gasteiger charge is -2.19. The molecule has 0 aromatic heterocycles. The Kier molecular flexibility index (Phi) is 3.46. The quantitative estimate of drug-likeness (QED) is 0.637. The van der Waals surface area contributed by atoms with Crippen molar-refractivity contribution >= 4 is 17.3 Å². The molecule has 0 unspecified atom stereocenters. The van der Waals surface area contributed by atoms with E-state index < -0.39 is 0 Å². The van der Waals surface area contributed by atoms with Crippen molar-refractivity contribution in [2.45, 2.75) is 20.3 Å². The zero-order valence-electron chi connectivity index (χ0n) is 13.9. The molecule has 0 N–H and O–H groups in total. The van der Waals surface area contributed by atoms with Gasteiger partial charge in [-0.15, -0.1) is 0 Å². The van der Waals surface area contributed by atoms with E-state index >= 15 is 0 Å². The number of amides is 1. The van der Waals surface area contributed by atoms with Crippen molar-refractivity contribution in [1.29, 1.82) is 0 Å². The Balaban J connectivity index is 1.82. The monoisotopic (exact) mass is 313 g/mol. The van der Waals surface area contributed by atoms with Crippen LogP contribution in [-0.2, 0) is 11.2 Å². The van der Waals surface area contributed by atoms with Crippen molar-refractivity contribution in [3.05, 3.63) is 83.4 Å². The number of aryl methyl sites for hydroxylation is 2. The maximum absolute atomic E-state index is 12.6. The minimum absolute atomic E-state index is 0.137. The van der Waals surface area contributed by atoms with Gasteiger partial charge in [0, 0.05) is 5.69 Å². The fraction of sp³-hybridized carbons (Fsp3) is 0.136. The number of carbonyl (C=O) groups is 1. The van der Waals surface area contributed by atoms with Gasteiger partial charge in [-0.2, -0.15) is 0 Å². The van der Waals surface area contributed by atoms with E-state index in [1.165, 1.54) is 16.7 Å². The first-order valence-electron chi connectivity index (χ1n) is 8.22. The van der Waals surface area contributed by atoms with E-state index in [2.05, 4.69) is 56.3 Å². The third-order valence-electron chi connectivity index (χ3n) is 4.77. The van der Waals surface area contributed by atoms with Crippen molar-refractivity contribution in [3.63, 3.8) is 0 Å². The number of anilines is 2. The molecule has 24 heavy (non-hydrogen) atoms. The van der Waals surface area contributed by atoms with Gasteiger partial charge in [0.05, 0.1) is 12.1 Å². The van der Waals surface area contributed by atoms with Gasteiger partial charge in [-0.3, -0.25) is 9.69 Å². The second-order valence-electron chi connectivity index (χ2n) is 6.38. The van der Waals surface area contributed by atoms with Crippen LogP contribution in [0.2, 0.25) is 0 Å². The highest BCUT2D eigenvalue weighted by Gasteiger charge is 2.29. The summed E-state index contributed by atoms with van der Waals surface area (Å²) in [4.78, 5) is 14.5. The molecule has 0 bridgehead atoms. The number of hydrogen-bond acceptors (Lipinski definition) is 1. The van der Waals surface area contributed by atoms with Gasteiger partial charge in [-0.05, 0) is 59.9 Å². The standard InChI is InChI=1S/C22H19NO/c1-15-8-11-20(12-16(15)2)23-21-13-18(17-6-4-3-5-7-17)9-10-19(21)14-22(23)24/h3-13H,14H2,1-2H3. The lowest BCUT2D eigenvalue weighted by Crippen LogP contribution is -2.20. The van der Waals surface area contributed by atoms with E-state index in [0.29, 0.717) is 6.42 Å². The van der Waals surface area contributed by atoms with Crippen molar-refractivity contribution in [1.82, 2.24) is 0 Å². The van der Waals surface area contributed by atoms with E-state index in [1.807, 2.05) is 29.2 Å². The predicted octanol–water partition coefficient (Wildman–Crippen LogP) is 5.19. The highest BCUT2D eigenvalue weighted by molar-refractivity contribution is 6.08. The molecular weight excluding hydrogens is 294 g/mol. The summed E-state index contributed by atoms with van der Waals surface area (Å²) in [6, 6.07) is 22.8. The van der Waals surface area contributed by atoms with Crippen LogP contribution in [0, 0.1) is 13.8 Å². The second-order valence-corrected chi connectivity index (χ2v) is 6.38. The van der Waals surface area contributed by atoms with Crippen LogP contribution in [0.3, 0.4) is 0 Å². The van der Waals surface area contributed by atoms with Crippen LogP contribution in [0.5, 0.6) is 0 Å². The summed E-state index contributed by atoms with van der Waals surface area (Å²) in [5, 5.41) is 0. The highest BCUT2D eigenvalue weighted by Crippen LogP contribution is 2.38. The zero-order chi connectivity index (χ0) is 16.7. The van der Waals surface area contributed by atoms with Gasteiger partial charge in [0.15, 0.2) is 0 Å². The Hall–Kier alpha value is -2.87. The summed E-state index contributed by atoms with van der Waals surface area (Å²) in [6.07, 6.45) is 0.470. The van der Waals surface area contributed by atoms with Gasteiger partial charge in [-0.1, -0.05) is 48.5 Å². The van der Waals surface area contributed by atoms with Crippen LogP contribution < -0.4 is 4.90 Å². The number of hydrogen-bond donors (Lipinski definition) is 0. The molecule has 1 aliphatic heterocycles. The SMILES string of the molecule is Cc1ccc(N2C(=O)Cc3ccc(-c4ccccc4)cc32)cc1C. The Morgan fingerprint density at radius 2 is 1.58 bits per heavy atom. The molecule has 3 aromatic rings. The number of nitrogens with zero attached hydrogens (tertiary/aromatic N) is 1. The number of carbonyl (C=O) groups excluding carboxylic acids is 1. The van der Waals surface area contributed by atoms with Gasteiger partial charge >= 0.3 is 0 Å². The van der Waals surface area contributed by atoms with E-state index in [4.69, 9.17) is 0 Å². The van der Waals surface area contributed by atoms with Crippen LogP contribution in [0.15, 0.2) is 66.7 Å². The molecule has 0 saturated carbocycles. The molecule has 0 spiro atoms. The van der Waals surface area contributed by atoms with Crippen LogP contribution >= 0.6 is 0 Å². The predicted molar refractivity (Wildman–Crippen MR) is 98.6 cm³/mol. The Morgan fingerprint density at radius 3 is 2.33 bits per heavy atom. The molecule has 3 aromatic carbocycles. The van der Waals surface area contributed by atoms with Crippen molar-refractivity contribution in [2.75, 3.05) is 4.90 Å². The van der Waals surface area contributed by atoms with E-state index in [0.717, 1.165) is 22.5 Å². The average Bonchev–Trinajstić information content (AvgIpc) is 2.93. The Morgan fingerprint density at radius 1 is 0.792 bits per heavy atom. The van der Waals surface area contributed by atoms with Gasteiger partial charge in [0.1, 0.15) is 0 Å². The largest absolute Gasteiger partial charge is 0.280 e. The summed E-state index contributed by atoms with van der Waals surface area (Å²) in [6.45, 7) is 4.17. The minimum Gasteiger partial charge on any atom is -0.280 e. The maximum Gasteiger partial charge on any atom is 0.236 e. The summed E-state index contributed by atoms with van der Waals surface area (Å²) in [5.41, 5.74) is 7.80. The molecule has 4 rings (SSSR count). The molecule has 0 fully saturated rings. The summed E-state index contributed by atoms with van der Waals surface area (Å²) >= 11 is 0. The molecule has 0 atom stereocenters. The number of rotatable bonds is 2. The van der Waals surface area contributed by atoms with Gasteiger partial charge in [-0.25, -0.2) is 0 Å². The lowest BCUT2D eigenvalue weighted by molar-refractivity contribution is -0.116. The van der Waals surface area contributed by atoms with Crippen molar-refractivity contribution in [3.8, 4) is 11.1 Å². The fourth-order valence-corrected chi connectivity index (χ4v) is 3.26. The van der Waals surface area contributed by atoms with Crippen LogP contribution in [0.25, 0.3) is 11.1 Å². The van der Waals surface area contributed by atoms with Crippen molar-refractivity contribution in [2.24, 2.45) is 0 Å². The van der Waals surface area contributed by atoms with E-state index in [-0.39, 0.29) is 5.91 Å². The first kappa shape index (κ1) is 14.7. The molecule has 1 aliphatic rings. The molecule has 0 saturated heterocycles. The first-order valence-corrected chi connectivity index (χ1v) is 8.22. The highest BCUT2D eigenvalue weighted by atomic mass is 16.2. The normalized spacial score (nSPS) is 13.2. The fourth-order valence-electron chi connectivity index (χ4n) is 3.26. The van der Waals surface area contributed by atoms with E-state index in [1.54, 1.807) is 0 Å². The second kappa shape index (κ2) is 5.64. The number of fused-ring (bicyclic) bond motifs is 1. The maximum atomic E-state index is 12.6. The zero-order valence-corrected chi connectivity index (χ0v) is 13.9. The summed E-state index contributed by atoms with van der Waals surface area (Å²) < 4.78 is 0. The summed E-state index contributed by atoms with van der Waals surface area (Å²) in [7, 11) is 0. The van der Waals surface area contributed by atoms with Crippen LogP contribution in [-0.4, -0.2) is 5.91 Å². The first-order chi connectivity index (χ1) is 11.6. The molecular formula is C22H19NO. The Labute approximate surface area is 142 Å². The number of benzene rings is 3. The van der Waals surface area contributed by atoms with Gasteiger partial charge in [0.25, 0.3) is 0 Å². The van der Waals surface area contributed by atoms with Crippen LogP contribution in [0.1, 0.15) is 16.7 Å².